The molecule has 6 nitrogen and oxygen atoms in total. The summed E-state index contributed by atoms with van der Waals surface area (Å²) < 4.78 is 6.75. The Bertz CT molecular complexity index is 900. The van der Waals surface area contributed by atoms with E-state index in [1.54, 1.807) is 0 Å². The molecule has 0 aliphatic carbocycles. The van der Waals surface area contributed by atoms with E-state index in [0.717, 1.165) is 17.5 Å². The standard InChI is InChI=1S/C16H17N3O3S/c1-2-22-9-5-8-17-15(21)13-10-14(20)19-12-7-4-3-6-11(12)18-16(19)23-13/h3-4,6-7,10H,2,5,8-9H2,1H3,(H,17,21). The van der Waals surface area contributed by atoms with Crippen LogP contribution in [0.5, 0.6) is 0 Å². The molecule has 120 valence electrons. The van der Waals surface area contributed by atoms with Crippen molar-refractivity contribution in [3.8, 4) is 0 Å². The monoisotopic (exact) mass is 331 g/mol. The molecule has 7 heteroatoms. The Balaban J connectivity index is 1.83. The van der Waals surface area contributed by atoms with E-state index in [1.807, 2.05) is 31.2 Å². The first-order chi connectivity index (χ1) is 11.2. The molecule has 0 aliphatic rings. The number of amides is 1. The Morgan fingerprint density at radius 3 is 3.04 bits per heavy atom. The van der Waals surface area contributed by atoms with Gasteiger partial charge in [0.25, 0.3) is 11.5 Å². The molecule has 0 radical (unpaired) electrons. The Labute approximate surface area is 136 Å². The molecule has 0 saturated carbocycles. The normalized spacial score (nSPS) is 11.2. The lowest BCUT2D eigenvalue weighted by molar-refractivity contribution is 0.0948. The lowest BCUT2D eigenvalue weighted by atomic mass is 10.3. The van der Waals surface area contributed by atoms with Gasteiger partial charge in [0.15, 0.2) is 4.96 Å². The van der Waals surface area contributed by atoms with Crippen LogP contribution < -0.4 is 10.9 Å². The summed E-state index contributed by atoms with van der Waals surface area (Å²) in [4.78, 5) is 29.8. The summed E-state index contributed by atoms with van der Waals surface area (Å²) in [6.07, 6.45) is 0.740. The zero-order valence-electron chi connectivity index (χ0n) is 12.7. The van der Waals surface area contributed by atoms with Gasteiger partial charge in [-0.05, 0) is 25.5 Å². The second-order valence-corrected chi connectivity index (χ2v) is 5.98. The number of hydrogen-bond donors (Lipinski definition) is 1. The van der Waals surface area contributed by atoms with Gasteiger partial charge in [0.2, 0.25) is 0 Å². The molecule has 2 aromatic heterocycles. The summed E-state index contributed by atoms with van der Waals surface area (Å²) in [5.41, 5.74) is 1.26. The summed E-state index contributed by atoms with van der Waals surface area (Å²) in [7, 11) is 0. The lowest BCUT2D eigenvalue weighted by Gasteiger charge is -2.05. The van der Waals surface area contributed by atoms with Gasteiger partial charge in [0, 0.05) is 25.8 Å². The fourth-order valence-corrected chi connectivity index (χ4v) is 3.25. The molecule has 23 heavy (non-hydrogen) atoms. The molecule has 0 spiro atoms. The number of nitrogens with one attached hydrogen (secondary N) is 1. The summed E-state index contributed by atoms with van der Waals surface area (Å²) in [6.45, 7) is 3.72. The van der Waals surface area contributed by atoms with Gasteiger partial charge in [-0.3, -0.25) is 14.0 Å². The predicted octanol–water partition coefficient (Wildman–Crippen LogP) is 2.07. The number of rotatable bonds is 6. The number of hydrogen-bond acceptors (Lipinski definition) is 5. The Morgan fingerprint density at radius 1 is 1.39 bits per heavy atom. The fraction of sp³-hybridized carbons (Fsp3) is 0.312. The van der Waals surface area contributed by atoms with Crippen LogP contribution in [0.3, 0.4) is 0 Å². The topological polar surface area (TPSA) is 72.7 Å². The molecule has 0 unspecified atom stereocenters. The van der Waals surface area contributed by atoms with E-state index in [0.29, 0.717) is 29.6 Å². The van der Waals surface area contributed by atoms with Crippen molar-refractivity contribution in [1.29, 1.82) is 0 Å². The minimum absolute atomic E-state index is 0.244. The quantitative estimate of drug-likeness (QED) is 0.702. The van der Waals surface area contributed by atoms with Crippen molar-refractivity contribution in [3.63, 3.8) is 0 Å². The summed E-state index contributed by atoms with van der Waals surface area (Å²) in [5, 5.41) is 2.80. The maximum atomic E-state index is 12.3. The lowest BCUT2D eigenvalue weighted by Crippen LogP contribution is -2.26. The van der Waals surface area contributed by atoms with E-state index in [-0.39, 0.29) is 11.5 Å². The zero-order chi connectivity index (χ0) is 16.2. The highest BCUT2D eigenvalue weighted by Crippen LogP contribution is 2.19. The van der Waals surface area contributed by atoms with E-state index < -0.39 is 0 Å². The highest BCUT2D eigenvalue weighted by molar-refractivity contribution is 7.18. The third kappa shape index (κ3) is 3.25. The van der Waals surface area contributed by atoms with Crippen LogP contribution in [0.15, 0.2) is 35.1 Å². The fourth-order valence-electron chi connectivity index (χ4n) is 2.31. The molecule has 0 saturated heterocycles. The molecule has 1 amide bonds. The average molecular weight is 331 g/mol. The van der Waals surface area contributed by atoms with Gasteiger partial charge >= 0.3 is 0 Å². The molecular weight excluding hydrogens is 314 g/mol. The summed E-state index contributed by atoms with van der Waals surface area (Å²) in [6, 6.07) is 8.79. The Kier molecular flexibility index (Phi) is 4.68. The van der Waals surface area contributed by atoms with E-state index in [2.05, 4.69) is 10.3 Å². The van der Waals surface area contributed by atoms with Crippen molar-refractivity contribution in [3.05, 3.63) is 45.6 Å². The number of carbonyl (C=O) groups excluding carboxylic acids is 1. The van der Waals surface area contributed by atoms with Crippen LogP contribution in [-0.4, -0.2) is 35.1 Å². The highest BCUT2D eigenvalue weighted by Gasteiger charge is 2.13. The van der Waals surface area contributed by atoms with E-state index >= 15 is 0 Å². The van der Waals surface area contributed by atoms with Crippen molar-refractivity contribution >= 4 is 33.2 Å². The van der Waals surface area contributed by atoms with Gasteiger partial charge in [-0.15, -0.1) is 0 Å². The first-order valence-corrected chi connectivity index (χ1v) is 8.29. The first kappa shape index (κ1) is 15.6. The molecule has 0 bridgehead atoms. The molecule has 2 heterocycles. The maximum absolute atomic E-state index is 12.3. The second kappa shape index (κ2) is 6.89. The van der Waals surface area contributed by atoms with Crippen molar-refractivity contribution in [1.82, 2.24) is 14.7 Å². The molecular formula is C16H17N3O3S. The first-order valence-electron chi connectivity index (χ1n) is 7.48. The number of para-hydroxylation sites is 2. The third-order valence-corrected chi connectivity index (χ3v) is 4.36. The largest absolute Gasteiger partial charge is 0.382 e. The molecule has 0 fully saturated rings. The Hall–Kier alpha value is -2.25. The van der Waals surface area contributed by atoms with Crippen LogP contribution in [0, 0.1) is 0 Å². The van der Waals surface area contributed by atoms with Crippen LogP contribution in [0.2, 0.25) is 0 Å². The van der Waals surface area contributed by atoms with Gasteiger partial charge in [0.1, 0.15) is 4.88 Å². The van der Waals surface area contributed by atoms with Gasteiger partial charge < -0.3 is 10.1 Å². The molecule has 0 aliphatic heterocycles. The van der Waals surface area contributed by atoms with Gasteiger partial charge in [-0.2, -0.15) is 0 Å². The predicted molar refractivity (Wildman–Crippen MR) is 90.3 cm³/mol. The van der Waals surface area contributed by atoms with E-state index in [1.165, 1.54) is 21.8 Å². The molecule has 1 N–H and O–H groups in total. The van der Waals surface area contributed by atoms with Crippen LogP contribution >= 0.6 is 11.3 Å². The molecule has 3 aromatic rings. The summed E-state index contributed by atoms with van der Waals surface area (Å²) >= 11 is 1.21. The number of aromatic nitrogens is 2. The molecule has 1 aromatic carbocycles. The number of benzene rings is 1. The van der Waals surface area contributed by atoms with Crippen molar-refractivity contribution < 1.29 is 9.53 Å². The Morgan fingerprint density at radius 2 is 2.22 bits per heavy atom. The van der Waals surface area contributed by atoms with Crippen LogP contribution in [0.4, 0.5) is 0 Å². The van der Waals surface area contributed by atoms with Crippen LogP contribution in [0.1, 0.15) is 23.0 Å². The highest BCUT2D eigenvalue weighted by atomic mass is 32.1. The smallest absolute Gasteiger partial charge is 0.261 e. The van der Waals surface area contributed by atoms with Gasteiger partial charge in [-0.25, -0.2) is 4.98 Å². The molecule has 3 rings (SSSR count). The minimum atomic E-state index is -0.252. The minimum Gasteiger partial charge on any atom is -0.382 e. The van der Waals surface area contributed by atoms with Gasteiger partial charge in [-0.1, -0.05) is 23.5 Å². The van der Waals surface area contributed by atoms with Crippen LogP contribution in [0.25, 0.3) is 16.0 Å². The molecule has 0 atom stereocenters. The van der Waals surface area contributed by atoms with E-state index in [4.69, 9.17) is 4.74 Å². The van der Waals surface area contributed by atoms with Gasteiger partial charge in [0.05, 0.1) is 11.0 Å². The van der Waals surface area contributed by atoms with Crippen molar-refractivity contribution in [2.24, 2.45) is 0 Å². The summed E-state index contributed by atoms with van der Waals surface area (Å²) in [5.74, 6) is -0.252. The number of nitrogens with zero attached hydrogens (tertiary/aromatic N) is 2. The second-order valence-electron chi connectivity index (χ2n) is 4.97. The third-order valence-electron chi connectivity index (χ3n) is 3.39. The maximum Gasteiger partial charge on any atom is 0.261 e. The average Bonchev–Trinajstić information content (AvgIpc) is 2.93. The van der Waals surface area contributed by atoms with Crippen molar-refractivity contribution in [2.75, 3.05) is 19.8 Å². The number of carbonyl (C=O) groups is 1. The van der Waals surface area contributed by atoms with Crippen LogP contribution in [-0.2, 0) is 4.74 Å². The number of ether oxygens (including phenoxy) is 1. The number of fused-ring (bicyclic) bond motifs is 3. The SMILES string of the molecule is CCOCCCNC(=O)c1cc(=O)n2c(nc3ccccc32)s1. The number of imidazole rings is 1. The zero-order valence-corrected chi connectivity index (χ0v) is 13.6. The van der Waals surface area contributed by atoms with Crippen molar-refractivity contribution in [2.45, 2.75) is 13.3 Å². The van der Waals surface area contributed by atoms with E-state index in [9.17, 15) is 9.59 Å².